The van der Waals surface area contributed by atoms with E-state index in [0.29, 0.717) is 22.7 Å². The van der Waals surface area contributed by atoms with Crippen LogP contribution in [0.3, 0.4) is 0 Å². The zero-order valence-electron chi connectivity index (χ0n) is 16.9. The van der Waals surface area contributed by atoms with Crippen LogP contribution in [0.15, 0.2) is 48.5 Å². The molecular weight excluding hydrogens is 418 g/mol. The molecule has 2 aromatic rings. The molecule has 160 valence electrons. The van der Waals surface area contributed by atoms with Crippen molar-refractivity contribution in [1.82, 2.24) is 10.2 Å². The molecule has 2 N–H and O–H groups in total. The number of anilines is 1. The van der Waals surface area contributed by atoms with Gasteiger partial charge in [0.1, 0.15) is 5.54 Å². The quantitative estimate of drug-likeness (QED) is 0.695. The number of benzene rings is 2. The summed E-state index contributed by atoms with van der Waals surface area (Å²) in [6.07, 6.45) is 0.518. The van der Waals surface area contributed by atoms with Crippen molar-refractivity contribution in [3.8, 4) is 0 Å². The Morgan fingerprint density at radius 2 is 1.87 bits per heavy atom. The number of carbonyl (C=O) groups excluding carboxylic acids is 3. The third-order valence-corrected chi connectivity index (χ3v) is 6.82. The molecule has 1 spiro atoms. The lowest BCUT2D eigenvalue weighted by atomic mass is 9.76. The molecule has 5 rings (SSSR count). The third kappa shape index (κ3) is 2.91. The van der Waals surface area contributed by atoms with E-state index in [-0.39, 0.29) is 36.9 Å². The van der Waals surface area contributed by atoms with Crippen molar-refractivity contribution in [2.75, 3.05) is 25.6 Å². The maximum atomic E-state index is 13.5. The van der Waals surface area contributed by atoms with Gasteiger partial charge in [-0.2, -0.15) is 0 Å². The van der Waals surface area contributed by atoms with Gasteiger partial charge in [0.15, 0.2) is 0 Å². The number of fused-ring (bicyclic) bond motifs is 4. The average Bonchev–Trinajstić information content (AvgIpc) is 3.33. The van der Waals surface area contributed by atoms with Crippen LogP contribution in [0, 0.1) is 11.8 Å². The van der Waals surface area contributed by atoms with Crippen LogP contribution in [-0.4, -0.2) is 48.9 Å². The molecule has 4 atom stereocenters. The normalized spacial score (nSPS) is 28.9. The molecule has 3 aliphatic rings. The topological polar surface area (TPSA) is 87.7 Å². The van der Waals surface area contributed by atoms with E-state index in [1.165, 1.54) is 12.0 Å². The highest BCUT2D eigenvalue weighted by Gasteiger charge is 2.70. The molecule has 0 unspecified atom stereocenters. The van der Waals surface area contributed by atoms with Crippen molar-refractivity contribution in [3.05, 3.63) is 64.7 Å². The predicted molar refractivity (Wildman–Crippen MR) is 114 cm³/mol. The maximum absolute atomic E-state index is 13.5. The van der Waals surface area contributed by atoms with E-state index in [2.05, 4.69) is 10.6 Å². The lowest BCUT2D eigenvalue weighted by Crippen LogP contribution is -2.53. The molecule has 0 aromatic heterocycles. The maximum Gasteiger partial charge on any atom is 0.250 e. The number of ether oxygens (including phenoxy) is 1. The number of hydrogen-bond acceptors (Lipinski definition) is 5. The Bertz CT molecular complexity index is 1080. The van der Waals surface area contributed by atoms with Crippen molar-refractivity contribution in [1.29, 1.82) is 0 Å². The van der Waals surface area contributed by atoms with E-state index >= 15 is 0 Å². The van der Waals surface area contributed by atoms with E-state index in [1.54, 1.807) is 18.2 Å². The highest BCUT2D eigenvalue weighted by molar-refractivity contribution is 6.31. The van der Waals surface area contributed by atoms with Crippen LogP contribution < -0.4 is 10.6 Å². The number of amides is 3. The van der Waals surface area contributed by atoms with Crippen molar-refractivity contribution in [2.45, 2.75) is 18.0 Å². The van der Waals surface area contributed by atoms with Crippen LogP contribution in [0.1, 0.15) is 11.1 Å². The fourth-order valence-corrected chi connectivity index (χ4v) is 5.45. The number of hydrogen-bond donors (Lipinski definition) is 2. The summed E-state index contributed by atoms with van der Waals surface area (Å²) in [7, 11) is 1.52. The fourth-order valence-electron chi connectivity index (χ4n) is 5.28. The van der Waals surface area contributed by atoms with Crippen LogP contribution in [0.4, 0.5) is 5.69 Å². The number of rotatable bonds is 5. The van der Waals surface area contributed by atoms with Crippen LogP contribution in [0.25, 0.3) is 0 Å². The molecule has 3 aliphatic heterocycles. The summed E-state index contributed by atoms with van der Waals surface area (Å²) in [6.45, 7) is 0.411. The summed E-state index contributed by atoms with van der Waals surface area (Å²) in [5.74, 6) is -2.44. The van der Waals surface area contributed by atoms with Crippen LogP contribution >= 0.6 is 11.6 Å². The van der Waals surface area contributed by atoms with Crippen molar-refractivity contribution >= 4 is 35.0 Å². The monoisotopic (exact) mass is 439 g/mol. The number of likely N-dealkylation sites (tertiary alicyclic amines) is 1. The molecule has 0 aliphatic carbocycles. The summed E-state index contributed by atoms with van der Waals surface area (Å²) < 4.78 is 5.10. The molecule has 8 heteroatoms. The summed E-state index contributed by atoms with van der Waals surface area (Å²) >= 11 is 6.26. The second kappa shape index (κ2) is 7.44. The minimum atomic E-state index is -1.33. The van der Waals surface area contributed by atoms with Crippen molar-refractivity contribution in [2.24, 2.45) is 11.8 Å². The summed E-state index contributed by atoms with van der Waals surface area (Å²) in [5, 5.41) is 6.76. The standard InChI is InChI=1S/C23H22ClN3O4/c1-31-10-9-27-20(28)18-17(11-13-5-3-2-4-6-13)26-23(19(18)21(27)29)15-12-14(24)7-8-16(15)25-22(23)30/h2-8,12,17-19,26H,9-11H2,1H3,(H,25,30)/t17-,18+,19-,23+/m0/s1. The van der Waals surface area contributed by atoms with E-state index in [0.717, 1.165) is 5.56 Å². The van der Waals surface area contributed by atoms with Gasteiger partial charge in [-0.15, -0.1) is 0 Å². The summed E-state index contributed by atoms with van der Waals surface area (Å²) in [5.41, 5.74) is 0.914. The van der Waals surface area contributed by atoms with Gasteiger partial charge < -0.3 is 10.1 Å². The first-order valence-electron chi connectivity index (χ1n) is 10.2. The lowest BCUT2D eigenvalue weighted by Gasteiger charge is -2.29. The molecule has 0 saturated carbocycles. The van der Waals surface area contributed by atoms with E-state index in [4.69, 9.17) is 16.3 Å². The molecule has 2 saturated heterocycles. The average molecular weight is 440 g/mol. The second-order valence-corrected chi connectivity index (χ2v) is 8.65. The first kappa shape index (κ1) is 20.2. The highest BCUT2D eigenvalue weighted by atomic mass is 35.5. The van der Waals surface area contributed by atoms with Crippen LogP contribution in [0.5, 0.6) is 0 Å². The van der Waals surface area contributed by atoms with Crippen LogP contribution in [0.2, 0.25) is 5.02 Å². The Hall–Kier alpha value is -2.74. The van der Waals surface area contributed by atoms with Gasteiger partial charge in [0.25, 0.3) is 0 Å². The van der Waals surface area contributed by atoms with Crippen molar-refractivity contribution < 1.29 is 19.1 Å². The minimum absolute atomic E-state index is 0.166. The minimum Gasteiger partial charge on any atom is -0.383 e. The van der Waals surface area contributed by atoms with Gasteiger partial charge in [0.2, 0.25) is 17.7 Å². The first-order chi connectivity index (χ1) is 15.0. The first-order valence-corrected chi connectivity index (χ1v) is 10.6. The largest absolute Gasteiger partial charge is 0.383 e. The van der Waals surface area contributed by atoms with E-state index < -0.39 is 17.4 Å². The van der Waals surface area contributed by atoms with Gasteiger partial charge in [-0.1, -0.05) is 41.9 Å². The second-order valence-electron chi connectivity index (χ2n) is 8.22. The number of methoxy groups -OCH3 is 1. The van der Waals surface area contributed by atoms with Gasteiger partial charge in [-0.25, -0.2) is 0 Å². The number of imide groups is 1. The number of nitrogens with zero attached hydrogens (tertiary/aromatic N) is 1. The fraction of sp³-hybridized carbons (Fsp3) is 0.348. The molecule has 3 amide bonds. The lowest BCUT2D eigenvalue weighted by molar-refractivity contribution is -0.143. The molecular formula is C23H22ClN3O4. The molecule has 2 aromatic carbocycles. The Kier molecular flexibility index (Phi) is 4.84. The molecule has 7 nitrogen and oxygen atoms in total. The predicted octanol–water partition coefficient (Wildman–Crippen LogP) is 1.95. The summed E-state index contributed by atoms with van der Waals surface area (Å²) in [4.78, 5) is 41.5. The molecule has 3 heterocycles. The highest BCUT2D eigenvalue weighted by Crippen LogP contribution is 2.53. The molecule has 0 radical (unpaired) electrons. The number of nitrogens with one attached hydrogen (secondary N) is 2. The Labute approximate surface area is 184 Å². The molecule has 31 heavy (non-hydrogen) atoms. The van der Waals surface area contributed by atoms with E-state index in [9.17, 15) is 14.4 Å². The zero-order valence-corrected chi connectivity index (χ0v) is 17.7. The van der Waals surface area contributed by atoms with Gasteiger partial charge in [-0.3, -0.25) is 24.6 Å². The number of carbonyl (C=O) groups is 3. The number of halogens is 1. The van der Waals surface area contributed by atoms with Gasteiger partial charge >= 0.3 is 0 Å². The molecule has 2 fully saturated rings. The Balaban J connectivity index is 1.62. The Morgan fingerprint density at radius 3 is 2.61 bits per heavy atom. The van der Waals surface area contributed by atoms with Gasteiger partial charge in [0.05, 0.1) is 25.0 Å². The van der Waals surface area contributed by atoms with Gasteiger partial charge in [0, 0.05) is 29.4 Å². The van der Waals surface area contributed by atoms with Crippen molar-refractivity contribution in [3.63, 3.8) is 0 Å². The van der Waals surface area contributed by atoms with Gasteiger partial charge in [-0.05, 0) is 30.2 Å². The third-order valence-electron chi connectivity index (χ3n) is 6.59. The Morgan fingerprint density at radius 1 is 1.10 bits per heavy atom. The van der Waals surface area contributed by atoms with Crippen LogP contribution in [-0.2, 0) is 31.1 Å². The smallest absolute Gasteiger partial charge is 0.250 e. The molecule has 0 bridgehead atoms. The van der Waals surface area contributed by atoms with E-state index in [1.807, 2.05) is 30.3 Å². The summed E-state index contributed by atoms with van der Waals surface area (Å²) in [6, 6.07) is 14.5. The zero-order chi connectivity index (χ0) is 21.8. The SMILES string of the molecule is COCCN1C(=O)[C@@H]2[C@H](Cc3ccccc3)N[C@@]3(C(=O)Nc4ccc(Cl)cc43)[C@@H]2C1=O.